The lowest BCUT2D eigenvalue weighted by molar-refractivity contribution is 0.0317. The molecule has 32 heavy (non-hydrogen) atoms. The van der Waals surface area contributed by atoms with Gasteiger partial charge in [-0.05, 0) is 12.1 Å². The molecule has 10 nitrogen and oxygen atoms in total. The summed E-state index contributed by atoms with van der Waals surface area (Å²) in [4.78, 5) is 13.7. The zero-order valence-corrected chi connectivity index (χ0v) is 18.0. The molecule has 2 saturated heterocycles. The number of nitrogens with zero attached hydrogens (tertiary/aromatic N) is 5. The Kier molecular flexibility index (Phi) is 6.61. The van der Waals surface area contributed by atoms with Crippen LogP contribution in [-0.4, -0.2) is 92.9 Å². The molecule has 0 aliphatic carbocycles. The Morgan fingerprint density at radius 1 is 1.00 bits per heavy atom. The summed E-state index contributed by atoms with van der Waals surface area (Å²) < 4.78 is 22.5. The van der Waals surface area contributed by atoms with Crippen molar-refractivity contribution in [2.45, 2.75) is 0 Å². The third-order valence-corrected chi connectivity index (χ3v) is 5.64. The normalized spacial score (nSPS) is 20.1. The van der Waals surface area contributed by atoms with Gasteiger partial charge in [0, 0.05) is 44.4 Å². The van der Waals surface area contributed by atoms with E-state index in [4.69, 9.17) is 18.9 Å². The van der Waals surface area contributed by atoms with Crippen LogP contribution in [0.2, 0.25) is 0 Å². The standard InChI is InChI=1S/C22H28N6O4/c1-2-4-19-17(3-1)18(16-32-19)25-26-20-15-21(28-8-12-30-13-9-28)24-22(23-20)31-14-7-27-5-10-29-11-6-27/h1-4,15H,5-14,16H2,(H,23,24,26). The lowest BCUT2D eigenvalue weighted by Crippen LogP contribution is -2.39. The zero-order valence-electron chi connectivity index (χ0n) is 18.0. The van der Waals surface area contributed by atoms with Crippen molar-refractivity contribution >= 4 is 17.3 Å². The van der Waals surface area contributed by atoms with Crippen molar-refractivity contribution in [3.8, 4) is 11.8 Å². The lowest BCUT2D eigenvalue weighted by atomic mass is 10.1. The molecule has 170 valence electrons. The van der Waals surface area contributed by atoms with E-state index in [0.29, 0.717) is 38.3 Å². The first-order valence-corrected chi connectivity index (χ1v) is 11.0. The fourth-order valence-corrected chi connectivity index (χ4v) is 3.85. The molecule has 1 aromatic carbocycles. The molecular weight excluding hydrogens is 412 g/mol. The number of para-hydroxylation sites is 1. The van der Waals surface area contributed by atoms with Crippen LogP contribution in [0.15, 0.2) is 35.4 Å². The summed E-state index contributed by atoms with van der Waals surface area (Å²) in [6.07, 6.45) is 0. The topological polar surface area (TPSA) is 93.6 Å². The van der Waals surface area contributed by atoms with E-state index in [2.05, 4.69) is 30.3 Å². The molecule has 3 aliphatic heterocycles. The van der Waals surface area contributed by atoms with Gasteiger partial charge in [-0.15, -0.1) is 0 Å². The summed E-state index contributed by atoms with van der Waals surface area (Å²) >= 11 is 0. The molecule has 10 heteroatoms. The minimum Gasteiger partial charge on any atom is -0.487 e. The van der Waals surface area contributed by atoms with Gasteiger partial charge in [-0.1, -0.05) is 12.1 Å². The quantitative estimate of drug-likeness (QED) is 0.638. The van der Waals surface area contributed by atoms with E-state index >= 15 is 0 Å². The van der Waals surface area contributed by atoms with Gasteiger partial charge in [0.2, 0.25) is 0 Å². The van der Waals surface area contributed by atoms with E-state index < -0.39 is 0 Å². The summed E-state index contributed by atoms with van der Waals surface area (Å²) in [6.45, 7) is 8.05. The largest absolute Gasteiger partial charge is 0.487 e. The number of hydrogen-bond donors (Lipinski definition) is 1. The van der Waals surface area contributed by atoms with Gasteiger partial charge < -0.3 is 23.8 Å². The van der Waals surface area contributed by atoms with Crippen molar-refractivity contribution in [2.24, 2.45) is 5.10 Å². The summed E-state index contributed by atoms with van der Waals surface area (Å²) in [6, 6.07) is 10.1. The number of ether oxygens (including phenoxy) is 4. The maximum Gasteiger partial charge on any atom is 0.320 e. The summed E-state index contributed by atoms with van der Waals surface area (Å²) in [5.74, 6) is 2.23. The lowest BCUT2D eigenvalue weighted by Gasteiger charge is -2.28. The first-order chi connectivity index (χ1) is 15.8. The average Bonchev–Trinajstić information content (AvgIpc) is 3.27. The molecule has 5 rings (SSSR count). The van der Waals surface area contributed by atoms with Crippen LogP contribution >= 0.6 is 0 Å². The zero-order chi connectivity index (χ0) is 21.6. The van der Waals surface area contributed by atoms with Gasteiger partial charge in [0.05, 0.1) is 26.4 Å². The van der Waals surface area contributed by atoms with Crippen molar-refractivity contribution in [1.82, 2.24) is 14.9 Å². The Bertz CT molecular complexity index is 944. The van der Waals surface area contributed by atoms with E-state index in [1.54, 1.807) is 0 Å². The third kappa shape index (κ3) is 5.09. The maximum absolute atomic E-state index is 5.93. The fraction of sp³-hybridized carbons (Fsp3) is 0.500. The van der Waals surface area contributed by atoms with Crippen LogP contribution in [0.3, 0.4) is 0 Å². The highest BCUT2D eigenvalue weighted by atomic mass is 16.5. The second kappa shape index (κ2) is 10.1. The van der Waals surface area contributed by atoms with Crippen LogP contribution < -0.4 is 19.8 Å². The molecule has 0 atom stereocenters. The smallest absolute Gasteiger partial charge is 0.320 e. The summed E-state index contributed by atoms with van der Waals surface area (Å²) in [5, 5.41) is 4.55. The van der Waals surface area contributed by atoms with E-state index in [-0.39, 0.29) is 0 Å². The molecule has 0 saturated carbocycles. The van der Waals surface area contributed by atoms with E-state index in [0.717, 1.165) is 68.8 Å². The minimum absolute atomic E-state index is 0.341. The highest BCUT2D eigenvalue weighted by Crippen LogP contribution is 2.25. The van der Waals surface area contributed by atoms with Gasteiger partial charge in [0.15, 0.2) is 5.82 Å². The van der Waals surface area contributed by atoms with Crippen molar-refractivity contribution in [3.05, 3.63) is 35.9 Å². The van der Waals surface area contributed by atoms with Crippen LogP contribution in [-0.2, 0) is 9.47 Å². The molecular formula is C22H28N6O4. The number of hydrazone groups is 1. The third-order valence-electron chi connectivity index (χ3n) is 5.64. The molecule has 3 aliphatic rings. The predicted octanol–water partition coefficient (Wildman–Crippen LogP) is 1.23. The van der Waals surface area contributed by atoms with Crippen molar-refractivity contribution < 1.29 is 18.9 Å². The molecule has 0 bridgehead atoms. The number of nitrogens with one attached hydrogen (secondary N) is 1. The SMILES string of the molecule is c1ccc2c(c1)OCC2=NNc1cc(N2CCOCC2)nc(OCCN2CCOCC2)n1. The van der Waals surface area contributed by atoms with E-state index in [9.17, 15) is 0 Å². The second-order valence-electron chi connectivity index (χ2n) is 7.75. The Hall–Kier alpha value is -2.95. The fourth-order valence-electron chi connectivity index (χ4n) is 3.85. The summed E-state index contributed by atoms with van der Waals surface area (Å²) in [7, 11) is 0. The Labute approximate surface area is 187 Å². The number of morpholine rings is 2. The van der Waals surface area contributed by atoms with Crippen molar-refractivity contribution in [3.63, 3.8) is 0 Å². The van der Waals surface area contributed by atoms with Crippen LogP contribution in [0, 0.1) is 0 Å². The van der Waals surface area contributed by atoms with Crippen LogP contribution in [0.4, 0.5) is 11.6 Å². The molecule has 0 spiro atoms. The summed E-state index contributed by atoms with van der Waals surface area (Å²) in [5.41, 5.74) is 4.90. The second-order valence-corrected chi connectivity index (χ2v) is 7.75. The maximum atomic E-state index is 5.93. The number of benzene rings is 1. The molecule has 0 radical (unpaired) electrons. The molecule has 1 aromatic heterocycles. The van der Waals surface area contributed by atoms with E-state index in [1.165, 1.54) is 0 Å². The van der Waals surface area contributed by atoms with Crippen LogP contribution in [0.5, 0.6) is 11.8 Å². The molecule has 4 heterocycles. The number of hydrogen-bond acceptors (Lipinski definition) is 10. The first kappa shape index (κ1) is 20.9. The molecule has 2 fully saturated rings. The monoisotopic (exact) mass is 440 g/mol. The Morgan fingerprint density at radius 3 is 2.62 bits per heavy atom. The number of anilines is 2. The van der Waals surface area contributed by atoms with Gasteiger partial charge in [0.25, 0.3) is 0 Å². The van der Waals surface area contributed by atoms with Crippen molar-refractivity contribution in [2.75, 3.05) is 82.7 Å². The Balaban J connectivity index is 1.30. The predicted molar refractivity (Wildman–Crippen MR) is 120 cm³/mol. The highest BCUT2D eigenvalue weighted by Gasteiger charge is 2.20. The molecule has 0 amide bonds. The molecule has 1 N–H and O–H groups in total. The van der Waals surface area contributed by atoms with E-state index in [1.807, 2.05) is 30.3 Å². The number of aromatic nitrogens is 2. The minimum atomic E-state index is 0.341. The average molecular weight is 441 g/mol. The molecule has 2 aromatic rings. The van der Waals surface area contributed by atoms with Gasteiger partial charge in [-0.2, -0.15) is 15.1 Å². The first-order valence-electron chi connectivity index (χ1n) is 11.0. The van der Waals surface area contributed by atoms with Gasteiger partial charge >= 0.3 is 6.01 Å². The number of rotatable bonds is 7. The van der Waals surface area contributed by atoms with Gasteiger partial charge in [-0.25, -0.2) is 0 Å². The van der Waals surface area contributed by atoms with Crippen LogP contribution in [0.1, 0.15) is 5.56 Å². The molecule has 0 unspecified atom stereocenters. The van der Waals surface area contributed by atoms with Gasteiger partial charge in [0.1, 0.15) is 30.5 Å². The number of fused-ring (bicyclic) bond motifs is 1. The van der Waals surface area contributed by atoms with Crippen molar-refractivity contribution in [1.29, 1.82) is 0 Å². The van der Waals surface area contributed by atoms with Crippen LogP contribution in [0.25, 0.3) is 0 Å². The van der Waals surface area contributed by atoms with Gasteiger partial charge in [-0.3, -0.25) is 10.3 Å². The Morgan fingerprint density at radius 2 is 1.78 bits per heavy atom. The highest BCUT2D eigenvalue weighted by molar-refractivity contribution is 6.06.